The molecule has 2 rings (SSSR count). The Morgan fingerprint density at radius 2 is 2.05 bits per heavy atom. The SMILES string of the molecule is CCCCNC(=O)CNc1ccccc1N1CCOCC1. The lowest BCUT2D eigenvalue weighted by molar-refractivity contribution is -0.119. The topological polar surface area (TPSA) is 53.6 Å². The van der Waals surface area contributed by atoms with Gasteiger partial charge in [-0.1, -0.05) is 25.5 Å². The molecule has 1 aromatic rings. The molecule has 1 aliphatic rings. The second kappa shape index (κ2) is 8.52. The number of nitrogens with one attached hydrogen (secondary N) is 2. The van der Waals surface area contributed by atoms with Crippen LogP contribution in [0.25, 0.3) is 0 Å². The minimum Gasteiger partial charge on any atom is -0.378 e. The summed E-state index contributed by atoms with van der Waals surface area (Å²) in [5.74, 6) is 0.0419. The highest BCUT2D eigenvalue weighted by Gasteiger charge is 2.14. The number of anilines is 2. The van der Waals surface area contributed by atoms with E-state index in [0.717, 1.165) is 57.1 Å². The van der Waals surface area contributed by atoms with E-state index in [0.29, 0.717) is 6.54 Å². The van der Waals surface area contributed by atoms with Gasteiger partial charge >= 0.3 is 0 Å². The molecule has 21 heavy (non-hydrogen) atoms. The third-order valence-corrected chi connectivity index (χ3v) is 3.55. The highest BCUT2D eigenvalue weighted by Crippen LogP contribution is 2.25. The molecule has 0 saturated carbocycles. The summed E-state index contributed by atoms with van der Waals surface area (Å²) >= 11 is 0. The zero-order valence-corrected chi connectivity index (χ0v) is 12.7. The number of carbonyl (C=O) groups is 1. The molecule has 0 aliphatic carbocycles. The third kappa shape index (κ3) is 4.93. The maximum absolute atomic E-state index is 11.8. The van der Waals surface area contributed by atoms with Gasteiger partial charge in [-0.15, -0.1) is 0 Å². The molecular weight excluding hydrogens is 266 g/mol. The molecule has 0 aromatic heterocycles. The van der Waals surface area contributed by atoms with Crippen molar-refractivity contribution >= 4 is 17.3 Å². The zero-order chi connectivity index (χ0) is 14.9. The second-order valence-electron chi connectivity index (χ2n) is 5.17. The first-order chi connectivity index (χ1) is 10.3. The van der Waals surface area contributed by atoms with Crippen LogP contribution < -0.4 is 15.5 Å². The van der Waals surface area contributed by atoms with Crippen molar-refractivity contribution in [3.8, 4) is 0 Å². The van der Waals surface area contributed by atoms with Gasteiger partial charge in [0.1, 0.15) is 0 Å². The fourth-order valence-electron chi connectivity index (χ4n) is 2.35. The largest absolute Gasteiger partial charge is 0.378 e. The number of morpholine rings is 1. The van der Waals surface area contributed by atoms with Crippen LogP contribution in [0.5, 0.6) is 0 Å². The average molecular weight is 291 g/mol. The smallest absolute Gasteiger partial charge is 0.239 e. The van der Waals surface area contributed by atoms with Gasteiger partial charge in [0.2, 0.25) is 5.91 Å². The number of benzene rings is 1. The lowest BCUT2D eigenvalue weighted by atomic mass is 10.2. The number of unbranched alkanes of at least 4 members (excludes halogenated alkanes) is 1. The minimum atomic E-state index is 0.0419. The predicted octanol–water partition coefficient (Wildman–Crippen LogP) is 1.85. The van der Waals surface area contributed by atoms with E-state index < -0.39 is 0 Å². The van der Waals surface area contributed by atoms with Crippen LogP contribution >= 0.6 is 0 Å². The van der Waals surface area contributed by atoms with E-state index in [9.17, 15) is 4.79 Å². The van der Waals surface area contributed by atoms with Crippen molar-refractivity contribution in [1.29, 1.82) is 0 Å². The van der Waals surface area contributed by atoms with Gasteiger partial charge in [-0.3, -0.25) is 4.79 Å². The summed E-state index contributed by atoms with van der Waals surface area (Å²) in [6, 6.07) is 8.12. The molecule has 1 saturated heterocycles. The van der Waals surface area contributed by atoms with E-state index >= 15 is 0 Å². The summed E-state index contributed by atoms with van der Waals surface area (Å²) in [6.07, 6.45) is 2.11. The Morgan fingerprint density at radius 1 is 1.29 bits per heavy atom. The Hall–Kier alpha value is -1.75. The van der Waals surface area contributed by atoms with E-state index in [4.69, 9.17) is 4.74 Å². The van der Waals surface area contributed by atoms with E-state index in [-0.39, 0.29) is 5.91 Å². The predicted molar refractivity (Wildman–Crippen MR) is 85.9 cm³/mol. The summed E-state index contributed by atoms with van der Waals surface area (Å²) in [5.41, 5.74) is 2.15. The molecule has 1 amide bonds. The van der Waals surface area contributed by atoms with Crippen LogP contribution in [-0.4, -0.2) is 45.3 Å². The molecule has 2 N–H and O–H groups in total. The van der Waals surface area contributed by atoms with Crippen molar-refractivity contribution < 1.29 is 9.53 Å². The first-order valence-corrected chi connectivity index (χ1v) is 7.73. The second-order valence-corrected chi connectivity index (χ2v) is 5.17. The lowest BCUT2D eigenvalue weighted by Crippen LogP contribution is -2.37. The van der Waals surface area contributed by atoms with E-state index in [1.807, 2.05) is 18.2 Å². The number of ether oxygens (including phenoxy) is 1. The monoisotopic (exact) mass is 291 g/mol. The number of nitrogens with zero attached hydrogens (tertiary/aromatic N) is 1. The molecule has 1 aliphatic heterocycles. The minimum absolute atomic E-state index is 0.0419. The Kier molecular flexibility index (Phi) is 6.34. The maximum Gasteiger partial charge on any atom is 0.239 e. The molecule has 1 fully saturated rings. The highest BCUT2D eigenvalue weighted by atomic mass is 16.5. The Bertz CT molecular complexity index is 445. The molecule has 0 spiro atoms. The number of hydrogen-bond acceptors (Lipinski definition) is 4. The number of amides is 1. The van der Waals surface area contributed by atoms with Gasteiger partial charge in [0.15, 0.2) is 0 Å². The van der Waals surface area contributed by atoms with Gasteiger partial charge in [-0.05, 0) is 18.6 Å². The summed E-state index contributed by atoms with van der Waals surface area (Å²) in [5, 5.41) is 6.16. The number of rotatable bonds is 7. The molecular formula is C16H25N3O2. The summed E-state index contributed by atoms with van der Waals surface area (Å²) in [7, 11) is 0. The Balaban J connectivity index is 1.89. The number of hydrogen-bond donors (Lipinski definition) is 2. The summed E-state index contributed by atoms with van der Waals surface area (Å²) < 4.78 is 5.39. The van der Waals surface area contributed by atoms with Crippen molar-refractivity contribution in [2.75, 3.05) is 49.6 Å². The highest BCUT2D eigenvalue weighted by molar-refractivity contribution is 5.82. The zero-order valence-electron chi connectivity index (χ0n) is 12.7. The molecule has 5 heteroatoms. The molecule has 1 heterocycles. The van der Waals surface area contributed by atoms with Crippen LogP contribution in [0.2, 0.25) is 0 Å². The average Bonchev–Trinajstić information content (AvgIpc) is 2.54. The fraction of sp³-hybridized carbons (Fsp3) is 0.562. The van der Waals surface area contributed by atoms with Crippen LogP contribution in [0.3, 0.4) is 0 Å². The lowest BCUT2D eigenvalue weighted by Gasteiger charge is -2.30. The van der Waals surface area contributed by atoms with Crippen LogP contribution in [0.1, 0.15) is 19.8 Å². The first kappa shape index (κ1) is 15.6. The van der Waals surface area contributed by atoms with Gasteiger partial charge in [0.25, 0.3) is 0 Å². The number of carbonyl (C=O) groups excluding carboxylic acids is 1. The standard InChI is InChI=1S/C16H25N3O2/c1-2-3-8-17-16(20)13-18-14-6-4-5-7-15(14)19-9-11-21-12-10-19/h4-7,18H,2-3,8-13H2,1H3,(H,17,20). The summed E-state index contributed by atoms with van der Waals surface area (Å²) in [6.45, 7) is 6.47. The fourth-order valence-corrected chi connectivity index (χ4v) is 2.35. The molecule has 0 atom stereocenters. The quantitative estimate of drug-likeness (QED) is 0.753. The van der Waals surface area contributed by atoms with Crippen molar-refractivity contribution in [3.63, 3.8) is 0 Å². The van der Waals surface area contributed by atoms with Crippen LogP contribution in [0.4, 0.5) is 11.4 Å². The van der Waals surface area contributed by atoms with Gasteiger partial charge in [0.05, 0.1) is 31.1 Å². The third-order valence-electron chi connectivity index (χ3n) is 3.55. The Morgan fingerprint density at radius 3 is 2.81 bits per heavy atom. The van der Waals surface area contributed by atoms with Gasteiger partial charge < -0.3 is 20.3 Å². The van der Waals surface area contributed by atoms with Gasteiger partial charge in [0, 0.05) is 19.6 Å². The molecule has 5 nitrogen and oxygen atoms in total. The molecule has 0 radical (unpaired) electrons. The van der Waals surface area contributed by atoms with E-state index in [1.165, 1.54) is 0 Å². The summed E-state index contributed by atoms with van der Waals surface area (Å²) in [4.78, 5) is 14.1. The Labute approximate surface area is 126 Å². The van der Waals surface area contributed by atoms with Crippen molar-refractivity contribution in [2.24, 2.45) is 0 Å². The molecule has 1 aromatic carbocycles. The molecule has 116 valence electrons. The van der Waals surface area contributed by atoms with E-state index in [1.54, 1.807) is 0 Å². The van der Waals surface area contributed by atoms with Crippen molar-refractivity contribution in [2.45, 2.75) is 19.8 Å². The van der Waals surface area contributed by atoms with Crippen molar-refractivity contribution in [1.82, 2.24) is 5.32 Å². The van der Waals surface area contributed by atoms with Gasteiger partial charge in [-0.2, -0.15) is 0 Å². The van der Waals surface area contributed by atoms with Crippen molar-refractivity contribution in [3.05, 3.63) is 24.3 Å². The first-order valence-electron chi connectivity index (χ1n) is 7.73. The normalized spacial score (nSPS) is 14.8. The number of para-hydroxylation sites is 2. The van der Waals surface area contributed by atoms with Crippen LogP contribution in [-0.2, 0) is 9.53 Å². The van der Waals surface area contributed by atoms with E-state index in [2.05, 4.69) is 28.5 Å². The van der Waals surface area contributed by atoms with Crippen LogP contribution in [0, 0.1) is 0 Å². The van der Waals surface area contributed by atoms with Gasteiger partial charge in [-0.25, -0.2) is 0 Å². The maximum atomic E-state index is 11.8. The molecule has 0 unspecified atom stereocenters. The van der Waals surface area contributed by atoms with Crippen LogP contribution in [0.15, 0.2) is 24.3 Å². The molecule has 0 bridgehead atoms.